The van der Waals surface area contributed by atoms with Gasteiger partial charge in [-0.1, -0.05) is 6.58 Å². The summed E-state index contributed by atoms with van der Waals surface area (Å²) in [4.78, 5) is 38.2. The zero-order valence-corrected chi connectivity index (χ0v) is 12.4. The van der Waals surface area contributed by atoms with Crippen molar-refractivity contribution >= 4 is 35.3 Å². The van der Waals surface area contributed by atoms with E-state index in [0.29, 0.717) is 5.57 Å². The van der Waals surface area contributed by atoms with Gasteiger partial charge in [-0.2, -0.15) is 0 Å². The lowest BCUT2D eigenvalue weighted by Crippen LogP contribution is -2.49. The van der Waals surface area contributed by atoms with Crippen LogP contribution in [0.4, 0.5) is 0 Å². The minimum Gasteiger partial charge on any atom is -0.480 e. The van der Waals surface area contributed by atoms with E-state index in [0.717, 1.165) is 16.4 Å². The molecule has 2 atom stereocenters. The van der Waals surface area contributed by atoms with E-state index < -0.39 is 29.3 Å². The van der Waals surface area contributed by atoms with Crippen LogP contribution in [0.2, 0.25) is 0 Å². The quantitative estimate of drug-likeness (QED) is 0.554. The van der Waals surface area contributed by atoms with Gasteiger partial charge in [0, 0.05) is 5.75 Å². The highest BCUT2D eigenvalue weighted by molar-refractivity contribution is 8.00. The van der Waals surface area contributed by atoms with Crippen molar-refractivity contribution in [1.29, 1.82) is 0 Å². The van der Waals surface area contributed by atoms with Crippen LogP contribution in [-0.4, -0.2) is 71.1 Å². The molecule has 3 N–H and O–H groups in total. The average molecular weight is 340 g/mol. The van der Waals surface area contributed by atoms with Crippen LogP contribution in [0.5, 0.6) is 0 Å². The maximum absolute atomic E-state index is 11.9. The Morgan fingerprint density at radius 1 is 1.48 bits per heavy atom. The number of carboxylic acids is 2. The second-order valence-electron chi connectivity index (χ2n) is 4.48. The van der Waals surface area contributed by atoms with Gasteiger partial charge < -0.3 is 15.5 Å². The highest BCUT2D eigenvalue weighted by Gasteiger charge is 2.34. The van der Waals surface area contributed by atoms with Crippen molar-refractivity contribution in [3.8, 4) is 0 Å². The molecule has 0 spiro atoms. The van der Waals surface area contributed by atoms with Gasteiger partial charge in [0.2, 0.25) is 5.91 Å². The molecule has 122 valence electrons. The second-order valence-corrected chi connectivity index (χ2v) is 5.58. The number of amides is 1. The van der Waals surface area contributed by atoms with Crippen molar-refractivity contribution in [3.63, 3.8) is 0 Å². The van der Waals surface area contributed by atoms with Gasteiger partial charge in [0.15, 0.2) is 6.04 Å². The number of nitrogens with zero attached hydrogens (tertiary/aromatic N) is 5. The van der Waals surface area contributed by atoms with Crippen LogP contribution >= 0.6 is 11.8 Å². The predicted octanol–water partition coefficient (Wildman–Crippen LogP) is -1.60. The van der Waals surface area contributed by atoms with Crippen molar-refractivity contribution < 1.29 is 24.6 Å². The summed E-state index contributed by atoms with van der Waals surface area (Å²) in [5, 5.41) is 29.8. The van der Waals surface area contributed by atoms with E-state index >= 15 is 0 Å². The molecule has 0 saturated heterocycles. The monoisotopic (exact) mass is 340 g/mol. The van der Waals surface area contributed by atoms with Crippen LogP contribution < -0.4 is 5.32 Å². The molecule has 1 aliphatic heterocycles. The fourth-order valence-electron chi connectivity index (χ4n) is 1.76. The fraction of sp³-hybridized carbons (Fsp3) is 0.364. The minimum atomic E-state index is -1.38. The van der Waals surface area contributed by atoms with Gasteiger partial charge in [-0.15, -0.1) is 16.9 Å². The molecule has 1 aromatic heterocycles. The van der Waals surface area contributed by atoms with E-state index in [9.17, 15) is 19.5 Å². The minimum absolute atomic E-state index is 0.211. The lowest BCUT2D eigenvalue weighted by molar-refractivity contribution is -0.142. The van der Waals surface area contributed by atoms with Gasteiger partial charge in [0.05, 0.1) is 0 Å². The first kappa shape index (κ1) is 16.6. The van der Waals surface area contributed by atoms with Crippen LogP contribution in [0.25, 0.3) is 0 Å². The molecule has 12 heteroatoms. The zero-order chi connectivity index (χ0) is 17.0. The van der Waals surface area contributed by atoms with Gasteiger partial charge in [-0.25, -0.2) is 14.3 Å². The summed E-state index contributed by atoms with van der Waals surface area (Å²) < 4.78 is 1.12. The number of aliphatic imine (C=N–C) groups is 1. The van der Waals surface area contributed by atoms with Crippen molar-refractivity contribution in [2.24, 2.45) is 4.99 Å². The number of hydrogen-bond acceptors (Lipinski definition) is 8. The number of rotatable bonds is 6. The van der Waals surface area contributed by atoms with Crippen LogP contribution in [-0.2, 0) is 20.9 Å². The molecule has 0 saturated carbocycles. The normalized spacial score (nSPS) is 18.9. The number of nitrogens with one attached hydrogen (secondary N) is 1. The van der Waals surface area contributed by atoms with Crippen molar-refractivity contribution in [2.75, 3.05) is 5.75 Å². The van der Waals surface area contributed by atoms with Gasteiger partial charge in [-0.05, 0) is 16.0 Å². The molecular formula is C11H12N6O5S. The number of tetrazole rings is 1. The van der Waals surface area contributed by atoms with Crippen LogP contribution in [0.15, 0.2) is 23.5 Å². The third-order valence-corrected chi connectivity index (χ3v) is 4.02. The SMILES string of the molecule is C=C1CSC(C(NC(=O)Cn2cnnn2)C(=O)O)N=C1C(=O)O. The molecule has 2 heterocycles. The lowest BCUT2D eigenvalue weighted by atomic mass is 10.2. The van der Waals surface area contributed by atoms with E-state index in [2.05, 4.69) is 32.4 Å². The predicted molar refractivity (Wildman–Crippen MR) is 77.8 cm³/mol. The third-order valence-electron chi connectivity index (χ3n) is 2.79. The van der Waals surface area contributed by atoms with E-state index in [4.69, 9.17) is 5.11 Å². The highest BCUT2D eigenvalue weighted by Crippen LogP contribution is 2.25. The van der Waals surface area contributed by atoms with Crippen molar-refractivity contribution in [3.05, 3.63) is 18.5 Å². The summed E-state index contributed by atoms with van der Waals surface area (Å²) in [7, 11) is 0. The molecule has 0 radical (unpaired) electrons. The fourth-order valence-corrected chi connectivity index (χ4v) is 2.83. The number of hydrogen-bond donors (Lipinski definition) is 3. The van der Waals surface area contributed by atoms with E-state index in [1.807, 2.05) is 0 Å². The number of aliphatic carboxylic acids is 2. The first-order chi connectivity index (χ1) is 10.9. The Morgan fingerprint density at radius 3 is 2.78 bits per heavy atom. The Kier molecular flexibility index (Phi) is 5.05. The zero-order valence-electron chi connectivity index (χ0n) is 11.6. The maximum atomic E-state index is 11.9. The number of carboxylic acid groups (broad SMARTS) is 2. The third kappa shape index (κ3) is 4.12. The summed E-state index contributed by atoms with van der Waals surface area (Å²) in [6.07, 6.45) is 1.20. The molecule has 1 aromatic rings. The highest BCUT2D eigenvalue weighted by atomic mass is 32.2. The van der Waals surface area contributed by atoms with Gasteiger partial charge >= 0.3 is 11.9 Å². The average Bonchev–Trinajstić information content (AvgIpc) is 2.97. The molecule has 1 amide bonds. The summed E-state index contributed by atoms with van der Waals surface area (Å²) in [5.41, 5.74) is 0.0117. The molecular weight excluding hydrogens is 328 g/mol. The number of carbonyl (C=O) groups is 3. The van der Waals surface area contributed by atoms with E-state index in [1.54, 1.807) is 0 Å². The summed E-state index contributed by atoms with van der Waals surface area (Å²) in [5.74, 6) is -3.04. The maximum Gasteiger partial charge on any atom is 0.354 e. The van der Waals surface area contributed by atoms with Gasteiger partial charge in [0.1, 0.15) is 24.0 Å². The first-order valence-corrected chi connectivity index (χ1v) is 7.27. The van der Waals surface area contributed by atoms with Crippen LogP contribution in [0.1, 0.15) is 0 Å². The Morgan fingerprint density at radius 2 is 2.22 bits per heavy atom. The Bertz CT molecular complexity index is 672. The van der Waals surface area contributed by atoms with Crippen LogP contribution in [0.3, 0.4) is 0 Å². The van der Waals surface area contributed by atoms with E-state index in [-0.39, 0.29) is 18.0 Å². The van der Waals surface area contributed by atoms with E-state index in [1.165, 1.54) is 6.33 Å². The molecule has 2 unspecified atom stereocenters. The topological polar surface area (TPSA) is 160 Å². The molecule has 1 aliphatic rings. The number of thioether (sulfide) groups is 1. The lowest BCUT2D eigenvalue weighted by Gasteiger charge is -2.25. The second kappa shape index (κ2) is 7.00. The first-order valence-electron chi connectivity index (χ1n) is 6.22. The number of aromatic nitrogens is 4. The Hall–Kier alpha value is -2.76. The van der Waals surface area contributed by atoms with Crippen molar-refractivity contribution in [2.45, 2.75) is 18.0 Å². The van der Waals surface area contributed by atoms with Gasteiger partial charge in [0.25, 0.3) is 0 Å². The van der Waals surface area contributed by atoms with Crippen LogP contribution in [0, 0.1) is 0 Å². The standard InChI is InChI=1S/C11H12N6O5S/c1-5-3-23-9(14-7(5)10(19)20)8(11(21)22)13-6(18)2-17-4-12-15-16-17/h4,8-9H,1-3H2,(H,13,18)(H,19,20)(H,21,22). The summed E-state index contributed by atoms with van der Waals surface area (Å²) >= 11 is 1.09. The summed E-state index contributed by atoms with van der Waals surface area (Å²) in [6, 6.07) is -1.38. The molecule has 0 fully saturated rings. The number of carbonyl (C=O) groups excluding carboxylic acids is 1. The summed E-state index contributed by atoms with van der Waals surface area (Å²) in [6.45, 7) is 3.31. The molecule has 0 aromatic carbocycles. The smallest absolute Gasteiger partial charge is 0.354 e. The molecule has 23 heavy (non-hydrogen) atoms. The molecule has 0 bridgehead atoms. The molecule has 0 aliphatic carbocycles. The molecule has 11 nitrogen and oxygen atoms in total. The Balaban J connectivity index is 2.12. The molecule has 2 rings (SSSR count). The Labute approximate surface area is 133 Å². The van der Waals surface area contributed by atoms with Crippen molar-refractivity contribution in [1.82, 2.24) is 25.5 Å². The van der Waals surface area contributed by atoms with Gasteiger partial charge in [-0.3, -0.25) is 9.79 Å². The largest absolute Gasteiger partial charge is 0.480 e.